The molecule has 1 N–H and O–H groups in total. The molecule has 0 aromatic rings. The maximum Gasteiger partial charge on any atom is 0.471 e. The van der Waals surface area contributed by atoms with Crippen LogP contribution < -0.4 is 0 Å². The van der Waals surface area contributed by atoms with Crippen molar-refractivity contribution < 1.29 is 37.4 Å². The summed E-state index contributed by atoms with van der Waals surface area (Å²) in [5, 5.41) is 8.52. The Labute approximate surface area is 119 Å². The van der Waals surface area contributed by atoms with Crippen molar-refractivity contribution in [3.63, 3.8) is 0 Å². The van der Waals surface area contributed by atoms with Gasteiger partial charge < -0.3 is 14.7 Å². The smallest absolute Gasteiger partial charge is 0.471 e. The van der Waals surface area contributed by atoms with E-state index in [1.807, 2.05) is 0 Å². The molecule has 0 aliphatic heterocycles. The molecule has 0 aromatic carbocycles. The zero-order chi connectivity index (χ0) is 16.8. The van der Waals surface area contributed by atoms with E-state index in [0.717, 1.165) is 6.08 Å². The van der Waals surface area contributed by atoms with Crippen LogP contribution >= 0.6 is 0 Å². The van der Waals surface area contributed by atoms with Crippen LogP contribution in [0.15, 0.2) is 12.2 Å². The number of ether oxygens (including phenoxy) is 1. The first-order valence-corrected chi connectivity index (χ1v) is 5.88. The number of carboxylic acids is 1. The Morgan fingerprint density at radius 2 is 1.76 bits per heavy atom. The number of esters is 1. The average Bonchev–Trinajstić information content (AvgIpc) is 2.32. The maximum atomic E-state index is 12.6. The first-order chi connectivity index (χ1) is 9.41. The van der Waals surface area contributed by atoms with Gasteiger partial charge in [0.05, 0.1) is 12.1 Å². The SMILES string of the molecule is CCOC(=O)CN(C(=O)C(F)(F)F)C(C)(C)C=CC(=O)O. The molecule has 9 heteroatoms. The normalized spacial score (nSPS) is 12.3. The molecule has 0 unspecified atom stereocenters. The Kier molecular flexibility index (Phi) is 6.40. The summed E-state index contributed by atoms with van der Waals surface area (Å²) < 4.78 is 42.3. The van der Waals surface area contributed by atoms with Crippen molar-refractivity contribution >= 4 is 17.8 Å². The first-order valence-electron chi connectivity index (χ1n) is 5.88. The molecular formula is C12H16F3NO5. The molecule has 0 aliphatic rings. The highest BCUT2D eigenvalue weighted by Gasteiger charge is 2.47. The third kappa shape index (κ3) is 6.28. The summed E-state index contributed by atoms with van der Waals surface area (Å²) in [5.74, 6) is -4.67. The van der Waals surface area contributed by atoms with Gasteiger partial charge in [-0.2, -0.15) is 13.2 Å². The van der Waals surface area contributed by atoms with Gasteiger partial charge in [-0.15, -0.1) is 0 Å². The van der Waals surface area contributed by atoms with Crippen LogP contribution in [0.25, 0.3) is 0 Å². The van der Waals surface area contributed by atoms with Gasteiger partial charge in [0.25, 0.3) is 0 Å². The summed E-state index contributed by atoms with van der Waals surface area (Å²) in [6.45, 7) is 2.81. The van der Waals surface area contributed by atoms with Crippen LogP contribution in [0, 0.1) is 0 Å². The van der Waals surface area contributed by atoms with Gasteiger partial charge in [0, 0.05) is 6.08 Å². The number of nitrogens with zero attached hydrogens (tertiary/aromatic N) is 1. The molecule has 0 radical (unpaired) electrons. The van der Waals surface area contributed by atoms with Crippen LogP contribution in [0.4, 0.5) is 13.2 Å². The van der Waals surface area contributed by atoms with Crippen molar-refractivity contribution in [3.05, 3.63) is 12.2 Å². The van der Waals surface area contributed by atoms with E-state index in [-0.39, 0.29) is 11.5 Å². The van der Waals surface area contributed by atoms with E-state index in [2.05, 4.69) is 4.74 Å². The molecule has 0 aliphatic carbocycles. The molecule has 0 saturated carbocycles. The number of hydrogen-bond donors (Lipinski definition) is 1. The van der Waals surface area contributed by atoms with Crippen LogP contribution in [-0.4, -0.2) is 52.7 Å². The second kappa shape index (κ2) is 7.09. The number of carbonyl (C=O) groups excluding carboxylic acids is 2. The Balaban J connectivity index is 5.44. The number of hydrogen-bond acceptors (Lipinski definition) is 4. The summed E-state index contributed by atoms with van der Waals surface area (Å²) >= 11 is 0. The van der Waals surface area contributed by atoms with Gasteiger partial charge in [0.15, 0.2) is 0 Å². The Hall–Kier alpha value is -2.06. The summed E-state index contributed by atoms with van der Waals surface area (Å²) in [5.41, 5.74) is -1.64. The molecule has 0 atom stereocenters. The monoisotopic (exact) mass is 311 g/mol. The topological polar surface area (TPSA) is 83.9 Å². The molecular weight excluding hydrogens is 295 g/mol. The third-order valence-electron chi connectivity index (χ3n) is 2.41. The lowest BCUT2D eigenvalue weighted by atomic mass is 10.0. The second-order valence-electron chi connectivity index (χ2n) is 4.52. The number of alkyl halides is 3. The van der Waals surface area contributed by atoms with Crippen molar-refractivity contribution in [1.82, 2.24) is 4.90 Å². The molecule has 0 bridgehead atoms. The predicted octanol–water partition coefficient (Wildman–Crippen LogP) is 1.36. The lowest BCUT2D eigenvalue weighted by Crippen LogP contribution is -2.54. The van der Waals surface area contributed by atoms with E-state index >= 15 is 0 Å². The molecule has 0 rings (SSSR count). The van der Waals surface area contributed by atoms with Gasteiger partial charge in [-0.3, -0.25) is 9.59 Å². The molecule has 0 aromatic heterocycles. The number of amides is 1. The van der Waals surface area contributed by atoms with E-state index in [4.69, 9.17) is 5.11 Å². The van der Waals surface area contributed by atoms with E-state index in [1.54, 1.807) is 0 Å². The number of rotatable bonds is 6. The predicted molar refractivity (Wildman–Crippen MR) is 65.3 cm³/mol. The highest BCUT2D eigenvalue weighted by atomic mass is 19.4. The molecule has 1 amide bonds. The highest BCUT2D eigenvalue weighted by molar-refractivity contribution is 5.87. The number of aliphatic carboxylic acids is 1. The minimum Gasteiger partial charge on any atom is -0.478 e. The van der Waals surface area contributed by atoms with Crippen molar-refractivity contribution in [3.8, 4) is 0 Å². The standard InChI is InChI=1S/C12H16F3NO5/c1-4-21-9(19)7-16(10(20)12(13,14)15)11(2,3)6-5-8(17)18/h5-6H,4,7H2,1-3H3,(H,17,18). The molecule has 0 spiro atoms. The lowest BCUT2D eigenvalue weighted by molar-refractivity contribution is -0.191. The van der Waals surface area contributed by atoms with Gasteiger partial charge in [0.2, 0.25) is 0 Å². The molecule has 120 valence electrons. The van der Waals surface area contributed by atoms with Gasteiger partial charge in [-0.1, -0.05) is 6.08 Å². The summed E-state index contributed by atoms with van der Waals surface area (Å²) in [7, 11) is 0. The average molecular weight is 311 g/mol. The summed E-state index contributed by atoms with van der Waals surface area (Å²) in [6.07, 6.45) is -3.71. The zero-order valence-electron chi connectivity index (χ0n) is 11.7. The van der Waals surface area contributed by atoms with E-state index in [0.29, 0.717) is 6.08 Å². The highest BCUT2D eigenvalue weighted by Crippen LogP contribution is 2.25. The number of halogens is 3. The fourth-order valence-corrected chi connectivity index (χ4v) is 1.39. The summed E-state index contributed by atoms with van der Waals surface area (Å²) in [4.78, 5) is 33.4. The van der Waals surface area contributed by atoms with Crippen molar-refractivity contribution in [2.45, 2.75) is 32.5 Å². The Morgan fingerprint density at radius 3 is 2.14 bits per heavy atom. The van der Waals surface area contributed by atoms with Gasteiger partial charge in [-0.25, -0.2) is 4.79 Å². The minimum atomic E-state index is -5.19. The molecule has 0 heterocycles. The van der Waals surface area contributed by atoms with Gasteiger partial charge in [-0.05, 0) is 20.8 Å². The van der Waals surface area contributed by atoms with Gasteiger partial charge in [0.1, 0.15) is 6.54 Å². The van der Waals surface area contributed by atoms with Crippen LogP contribution in [0.5, 0.6) is 0 Å². The van der Waals surface area contributed by atoms with Crippen molar-refractivity contribution in [2.75, 3.05) is 13.2 Å². The van der Waals surface area contributed by atoms with Crippen LogP contribution in [0.3, 0.4) is 0 Å². The second-order valence-corrected chi connectivity index (χ2v) is 4.52. The Bertz CT molecular complexity index is 443. The van der Waals surface area contributed by atoms with Crippen molar-refractivity contribution in [2.24, 2.45) is 0 Å². The molecule has 21 heavy (non-hydrogen) atoms. The van der Waals surface area contributed by atoms with Crippen molar-refractivity contribution in [1.29, 1.82) is 0 Å². The first kappa shape index (κ1) is 18.9. The largest absolute Gasteiger partial charge is 0.478 e. The quantitative estimate of drug-likeness (QED) is 0.591. The number of carboxylic acid groups (broad SMARTS) is 1. The maximum absolute atomic E-state index is 12.6. The third-order valence-corrected chi connectivity index (χ3v) is 2.41. The van der Waals surface area contributed by atoms with E-state index in [1.165, 1.54) is 20.8 Å². The van der Waals surface area contributed by atoms with E-state index in [9.17, 15) is 27.6 Å². The van der Waals surface area contributed by atoms with Crippen LogP contribution in [-0.2, 0) is 19.1 Å². The van der Waals surface area contributed by atoms with Crippen LogP contribution in [0.2, 0.25) is 0 Å². The molecule has 6 nitrogen and oxygen atoms in total. The Morgan fingerprint density at radius 1 is 1.24 bits per heavy atom. The zero-order valence-corrected chi connectivity index (χ0v) is 11.7. The fourth-order valence-electron chi connectivity index (χ4n) is 1.39. The number of carbonyl (C=O) groups is 3. The van der Waals surface area contributed by atoms with Gasteiger partial charge >= 0.3 is 24.0 Å². The summed E-state index contributed by atoms with van der Waals surface area (Å²) in [6, 6.07) is 0. The van der Waals surface area contributed by atoms with E-state index < -0.39 is 36.1 Å². The molecule has 0 saturated heterocycles. The van der Waals surface area contributed by atoms with Crippen LogP contribution in [0.1, 0.15) is 20.8 Å². The fraction of sp³-hybridized carbons (Fsp3) is 0.583. The minimum absolute atomic E-state index is 0.0573. The lowest BCUT2D eigenvalue weighted by Gasteiger charge is -2.35. The molecule has 0 fully saturated rings.